The number of aliphatic carboxylic acids is 1. The molecule has 0 unspecified atom stereocenters. The molecular formula is C22H16F7NO3S. The number of rotatable bonds is 7. The maximum atomic E-state index is 15.1. The second-order valence-electron chi connectivity index (χ2n) is 7.32. The van der Waals surface area contributed by atoms with Gasteiger partial charge in [0, 0.05) is 11.1 Å². The second-order valence-corrected chi connectivity index (χ2v) is 8.32. The zero-order chi connectivity index (χ0) is 25.5. The summed E-state index contributed by atoms with van der Waals surface area (Å²) in [6.45, 7) is 1.67. The molecule has 0 amide bonds. The van der Waals surface area contributed by atoms with Crippen LogP contribution in [0.3, 0.4) is 0 Å². The van der Waals surface area contributed by atoms with Crippen LogP contribution in [0.5, 0.6) is 5.75 Å². The SMILES string of the molecule is Cc1cc(C(F)(F)C(F)(F)c2sc(-c3ccc(C(F)(F)F)cc3)nc2C)ccc1OCC(=O)O. The molecule has 0 aliphatic heterocycles. The normalized spacial score (nSPS) is 12.6. The van der Waals surface area contributed by atoms with E-state index in [4.69, 9.17) is 9.84 Å². The lowest BCUT2D eigenvalue weighted by Crippen LogP contribution is -2.35. The number of nitrogens with zero attached hydrogens (tertiary/aromatic N) is 1. The van der Waals surface area contributed by atoms with E-state index in [1.165, 1.54) is 6.92 Å². The summed E-state index contributed by atoms with van der Waals surface area (Å²) in [7, 11) is 0. The Bertz CT molecular complexity index is 1200. The van der Waals surface area contributed by atoms with Crippen molar-refractivity contribution in [1.29, 1.82) is 0 Å². The summed E-state index contributed by atoms with van der Waals surface area (Å²) in [5.74, 6) is -10.7. The van der Waals surface area contributed by atoms with E-state index in [9.17, 15) is 26.7 Å². The Balaban J connectivity index is 1.94. The van der Waals surface area contributed by atoms with Crippen molar-refractivity contribution < 1.29 is 45.4 Å². The van der Waals surface area contributed by atoms with E-state index >= 15 is 8.78 Å². The molecule has 0 bridgehead atoms. The number of carboxylic acids is 1. The number of ether oxygens (including phenoxy) is 1. The standard InChI is InChI=1S/C22H16F7NO3S/c1-11-9-15(7-8-16(11)33-10-17(31)32)20(23,24)21(25,26)18-12(2)30-19(34-18)13-3-5-14(6-4-13)22(27,28)29/h3-9H,10H2,1-2H3,(H,31,32). The zero-order valence-corrected chi connectivity index (χ0v) is 18.3. The van der Waals surface area contributed by atoms with Crippen molar-refractivity contribution in [3.05, 3.63) is 69.7 Å². The van der Waals surface area contributed by atoms with Crippen molar-refractivity contribution in [3.63, 3.8) is 0 Å². The lowest BCUT2D eigenvalue weighted by Gasteiger charge is -2.27. The lowest BCUT2D eigenvalue weighted by molar-refractivity contribution is -0.222. The van der Waals surface area contributed by atoms with Gasteiger partial charge in [-0.3, -0.25) is 0 Å². The van der Waals surface area contributed by atoms with Crippen LogP contribution >= 0.6 is 11.3 Å². The summed E-state index contributed by atoms with van der Waals surface area (Å²) < 4.78 is 103. The van der Waals surface area contributed by atoms with Crippen LogP contribution in [0.1, 0.15) is 27.3 Å². The maximum Gasteiger partial charge on any atom is 0.416 e. The van der Waals surface area contributed by atoms with Crippen LogP contribution < -0.4 is 4.74 Å². The molecule has 4 nitrogen and oxygen atoms in total. The number of hydrogen-bond acceptors (Lipinski definition) is 4. The summed E-state index contributed by atoms with van der Waals surface area (Å²) in [5.41, 5.74) is -2.26. The van der Waals surface area contributed by atoms with Crippen LogP contribution in [0.2, 0.25) is 0 Å². The van der Waals surface area contributed by atoms with Gasteiger partial charge in [0.1, 0.15) is 15.6 Å². The first-order valence-electron chi connectivity index (χ1n) is 9.51. The van der Waals surface area contributed by atoms with Gasteiger partial charge in [-0.2, -0.15) is 30.7 Å². The van der Waals surface area contributed by atoms with E-state index in [0.29, 0.717) is 6.07 Å². The van der Waals surface area contributed by atoms with Crippen molar-refractivity contribution in [2.45, 2.75) is 31.9 Å². The zero-order valence-electron chi connectivity index (χ0n) is 17.5. The van der Waals surface area contributed by atoms with E-state index in [0.717, 1.165) is 43.3 Å². The van der Waals surface area contributed by atoms with Crippen LogP contribution in [0.15, 0.2) is 42.5 Å². The average Bonchev–Trinajstić information content (AvgIpc) is 3.14. The van der Waals surface area contributed by atoms with Crippen LogP contribution in [-0.2, 0) is 22.8 Å². The minimum atomic E-state index is -4.70. The quantitative estimate of drug-likeness (QED) is 0.358. The fourth-order valence-electron chi connectivity index (χ4n) is 3.08. The average molecular weight is 507 g/mol. The number of benzene rings is 2. The Morgan fingerprint density at radius 1 is 0.941 bits per heavy atom. The number of halogens is 7. The van der Waals surface area contributed by atoms with Gasteiger partial charge in [0.05, 0.1) is 11.3 Å². The first kappa shape index (κ1) is 25.5. The van der Waals surface area contributed by atoms with Gasteiger partial charge in [-0.15, -0.1) is 11.3 Å². The molecule has 0 atom stereocenters. The molecule has 0 radical (unpaired) electrons. The number of hydrogen-bond donors (Lipinski definition) is 1. The molecule has 0 saturated carbocycles. The molecular weight excluding hydrogens is 491 g/mol. The number of carbonyl (C=O) groups is 1. The summed E-state index contributed by atoms with van der Waals surface area (Å²) >= 11 is 0.261. The smallest absolute Gasteiger partial charge is 0.416 e. The number of thiazole rings is 1. The number of aryl methyl sites for hydroxylation is 2. The van der Waals surface area contributed by atoms with Crippen molar-refractivity contribution in [3.8, 4) is 16.3 Å². The first-order chi connectivity index (χ1) is 15.6. The Morgan fingerprint density at radius 2 is 1.53 bits per heavy atom. The molecule has 0 aliphatic rings. The largest absolute Gasteiger partial charge is 0.482 e. The molecule has 1 heterocycles. The Morgan fingerprint density at radius 3 is 2.06 bits per heavy atom. The third kappa shape index (κ3) is 4.86. The van der Waals surface area contributed by atoms with Crippen molar-refractivity contribution in [2.75, 3.05) is 6.61 Å². The van der Waals surface area contributed by atoms with Gasteiger partial charge in [-0.1, -0.05) is 12.1 Å². The van der Waals surface area contributed by atoms with Crippen LogP contribution in [0.4, 0.5) is 30.7 Å². The lowest BCUT2D eigenvalue weighted by atomic mass is 9.98. The first-order valence-corrected chi connectivity index (χ1v) is 10.3. The number of aromatic nitrogens is 1. The highest BCUT2D eigenvalue weighted by atomic mass is 32.1. The van der Waals surface area contributed by atoms with E-state index < -0.39 is 46.6 Å². The van der Waals surface area contributed by atoms with Gasteiger partial charge in [-0.05, 0) is 49.7 Å². The molecule has 182 valence electrons. The van der Waals surface area contributed by atoms with Gasteiger partial charge in [0.25, 0.3) is 0 Å². The number of alkyl halides is 7. The Hall–Kier alpha value is -3.15. The minimum Gasteiger partial charge on any atom is -0.482 e. The van der Waals surface area contributed by atoms with Gasteiger partial charge >= 0.3 is 24.0 Å². The Labute approximate surface area is 192 Å². The minimum absolute atomic E-state index is 0.0284. The summed E-state index contributed by atoms with van der Waals surface area (Å²) in [5, 5.41) is 8.51. The molecule has 12 heteroatoms. The second kappa shape index (κ2) is 8.90. The molecule has 1 N–H and O–H groups in total. The Kier molecular flexibility index (Phi) is 6.66. The summed E-state index contributed by atoms with van der Waals surface area (Å²) in [4.78, 5) is 13.4. The molecule has 0 saturated heterocycles. The molecule has 0 fully saturated rings. The van der Waals surface area contributed by atoms with Gasteiger partial charge in [0.15, 0.2) is 6.61 Å². The molecule has 34 heavy (non-hydrogen) atoms. The van der Waals surface area contributed by atoms with Crippen molar-refractivity contribution in [2.24, 2.45) is 0 Å². The highest BCUT2D eigenvalue weighted by Gasteiger charge is 2.60. The van der Waals surface area contributed by atoms with Crippen molar-refractivity contribution in [1.82, 2.24) is 4.98 Å². The van der Waals surface area contributed by atoms with E-state index in [1.807, 2.05) is 0 Å². The third-order valence-electron chi connectivity index (χ3n) is 4.82. The molecule has 1 aromatic heterocycles. The van der Waals surface area contributed by atoms with Gasteiger partial charge in [-0.25, -0.2) is 9.78 Å². The highest BCUT2D eigenvalue weighted by molar-refractivity contribution is 7.15. The van der Waals surface area contributed by atoms with E-state index in [2.05, 4.69) is 4.98 Å². The molecule has 0 aliphatic carbocycles. The predicted octanol–water partition coefficient (Wildman–Crippen LogP) is 6.79. The van der Waals surface area contributed by atoms with Crippen LogP contribution in [0, 0.1) is 13.8 Å². The fourth-order valence-corrected chi connectivity index (χ4v) is 4.16. The number of carboxylic acid groups (broad SMARTS) is 1. The molecule has 3 rings (SSSR count). The van der Waals surface area contributed by atoms with Crippen LogP contribution in [0.25, 0.3) is 10.6 Å². The third-order valence-corrected chi connectivity index (χ3v) is 6.10. The van der Waals surface area contributed by atoms with Gasteiger partial charge < -0.3 is 9.84 Å². The fraction of sp³-hybridized carbons (Fsp3) is 0.273. The van der Waals surface area contributed by atoms with Gasteiger partial charge in [0.2, 0.25) is 0 Å². The maximum absolute atomic E-state index is 15.1. The predicted molar refractivity (Wildman–Crippen MR) is 109 cm³/mol. The van der Waals surface area contributed by atoms with E-state index in [-0.39, 0.29) is 38.9 Å². The topological polar surface area (TPSA) is 59.4 Å². The summed E-state index contributed by atoms with van der Waals surface area (Å²) in [6, 6.07) is 6.01. The van der Waals surface area contributed by atoms with Crippen molar-refractivity contribution >= 4 is 17.3 Å². The highest BCUT2D eigenvalue weighted by Crippen LogP contribution is 2.53. The molecule has 3 aromatic rings. The van der Waals surface area contributed by atoms with E-state index in [1.54, 1.807) is 0 Å². The molecule has 0 spiro atoms. The summed E-state index contributed by atoms with van der Waals surface area (Å²) in [6.07, 6.45) is -4.59. The monoisotopic (exact) mass is 507 g/mol. The molecule has 2 aromatic carbocycles. The van der Waals surface area contributed by atoms with Crippen LogP contribution in [-0.4, -0.2) is 22.7 Å².